The van der Waals surface area contributed by atoms with Crippen molar-refractivity contribution in [3.63, 3.8) is 0 Å². The fraction of sp³-hybridized carbons (Fsp3) is 0.625. The number of nitrogens with one attached hydrogen (secondary N) is 1. The van der Waals surface area contributed by atoms with Gasteiger partial charge in [-0.25, -0.2) is 14.6 Å². The Kier molecular flexibility index (Phi) is 6.41. The van der Waals surface area contributed by atoms with Crippen LogP contribution in [0.15, 0.2) is 18.2 Å². The summed E-state index contributed by atoms with van der Waals surface area (Å²) in [5, 5.41) is 2.80. The molecule has 0 radical (unpaired) electrons. The highest BCUT2D eigenvalue weighted by atomic mass is 16.6. The number of amides is 3. The van der Waals surface area contributed by atoms with Crippen LogP contribution in [-0.2, 0) is 4.74 Å². The molecule has 9 nitrogen and oxygen atoms in total. The van der Waals surface area contributed by atoms with Crippen LogP contribution in [0.1, 0.15) is 65.8 Å². The smallest absolute Gasteiger partial charge is 0.407 e. The van der Waals surface area contributed by atoms with Crippen molar-refractivity contribution < 1.29 is 14.3 Å². The monoisotopic (exact) mass is 456 g/mol. The molecule has 0 bridgehead atoms. The summed E-state index contributed by atoms with van der Waals surface area (Å²) >= 11 is 0. The van der Waals surface area contributed by atoms with Crippen molar-refractivity contribution in [3.05, 3.63) is 18.2 Å². The lowest BCUT2D eigenvalue weighted by Gasteiger charge is -2.22. The highest BCUT2D eigenvalue weighted by molar-refractivity contribution is 6.03. The number of unbranched alkanes of at least 4 members (excludes halogenated alkanes) is 1. The minimum Gasteiger partial charge on any atom is -0.444 e. The highest BCUT2D eigenvalue weighted by Crippen LogP contribution is 2.37. The summed E-state index contributed by atoms with van der Waals surface area (Å²) in [5.41, 5.74) is 8.44. The van der Waals surface area contributed by atoms with Crippen LogP contribution in [-0.4, -0.2) is 57.9 Å². The molecule has 1 aliphatic carbocycles. The lowest BCUT2D eigenvalue weighted by molar-refractivity contribution is 0.0527. The van der Waals surface area contributed by atoms with Crippen LogP contribution in [0.5, 0.6) is 0 Å². The average molecular weight is 457 g/mol. The second-order valence-corrected chi connectivity index (χ2v) is 10.1. The third kappa shape index (κ3) is 5.17. The zero-order chi connectivity index (χ0) is 23.8. The third-order valence-corrected chi connectivity index (χ3v) is 6.19. The molecular weight excluding hydrogens is 420 g/mol. The molecular formula is C24H36N6O3. The number of anilines is 2. The lowest BCUT2D eigenvalue weighted by Crippen LogP contribution is -2.33. The van der Waals surface area contributed by atoms with Gasteiger partial charge in [0.2, 0.25) is 5.95 Å². The Morgan fingerprint density at radius 2 is 2.03 bits per heavy atom. The molecule has 1 aliphatic heterocycles. The van der Waals surface area contributed by atoms with Crippen LogP contribution in [0.2, 0.25) is 0 Å². The molecule has 33 heavy (non-hydrogen) atoms. The van der Waals surface area contributed by atoms with Crippen molar-refractivity contribution in [3.8, 4) is 0 Å². The first kappa shape index (κ1) is 23.2. The van der Waals surface area contributed by atoms with Gasteiger partial charge in [-0.2, -0.15) is 0 Å². The number of rotatable bonds is 8. The number of carbonyl (C=O) groups excluding carboxylic acids is 2. The van der Waals surface area contributed by atoms with Crippen LogP contribution in [0.3, 0.4) is 0 Å². The lowest BCUT2D eigenvalue weighted by atomic mass is 10.1. The van der Waals surface area contributed by atoms with Crippen molar-refractivity contribution in [1.82, 2.24) is 19.8 Å². The van der Waals surface area contributed by atoms with Crippen LogP contribution in [0, 0.1) is 0 Å². The number of aromatic nitrogens is 2. The maximum atomic E-state index is 13.1. The van der Waals surface area contributed by atoms with Gasteiger partial charge in [0.25, 0.3) is 0 Å². The van der Waals surface area contributed by atoms with Crippen molar-refractivity contribution in [1.29, 1.82) is 0 Å². The fourth-order valence-corrected chi connectivity index (χ4v) is 4.51. The number of hydrogen-bond acceptors (Lipinski definition) is 5. The molecule has 4 rings (SSSR count). The summed E-state index contributed by atoms with van der Waals surface area (Å²) in [4.78, 5) is 33.3. The number of nitrogens with zero attached hydrogens (tertiary/aromatic N) is 4. The maximum absolute atomic E-state index is 13.1. The number of para-hydroxylation sites is 1. The fourth-order valence-electron chi connectivity index (χ4n) is 4.51. The summed E-state index contributed by atoms with van der Waals surface area (Å²) in [7, 11) is 0. The molecule has 1 aromatic heterocycles. The van der Waals surface area contributed by atoms with Gasteiger partial charge >= 0.3 is 12.1 Å². The molecule has 1 atom stereocenters. The second kappa shape index (κ2) is 9.11. The molecule has 2 heterocycles. The van der Waals surface area contributed by atoms with E-state index in [0.717, 1.165) is 55.4 Å². The molecule has 2 fully saturated rings. The molecule has 0 spiro atoms. The Hall–Kier alpha value is -2.97. The SMILES string of the molecule is CC(CCCCNC(=O)OC(C)(C)C)n1c(N)nc2cccc(N3CCN(C4CC4)C3=O)c21. The number of alkyl carbamates (subject to hydrolysis) is 1. The predicted molar refractivity (Wildman–Crippen MR) is 129 cm³/mol. The molecule has 1 saturated carbocycles. The number of imidazole rings is 1. The number of nitrogens with two attached hydrogens (primary N) is 1. The van der Waals surface area contributed by atoms with E-state index < -0.39 is 5.60 Å². The van der Waals surface area contributed by atoms with Gasteiger partial charge in [0.15, 0.2) is 0 Å². The Morgan fingerprint density at radius 3 is 2.73 bits per heavy atom. The van der Waals surface area contributed by atoms with Crippen molar-refractivity contribution in [2.24, 2.45) is 0 Å². The van der Waals surface area contributed by atoms with E-state index in [4.69, 9.17) is 10.5 Å². The van der Waals surface area contributed by atoms with Gasteiger partial charge < -0.3 is 25.3 Å². The van der Waals surface area contributed by atoms with Crippen molar-refractivity contribution in [2.45, 2.75) is 77.5 Å². The van der Waals surface area contributed by atoms with Gasteiger partial charge in [0.1, 0.15) is 5.60 Å². The average Bonchev–Trinajstić information content (AvgIpc) is 3.40. The summed E-state index contributed by atoms with van der Waals surface area (Å²) < 4.78 is 7.32. The molecule has 1 saturated heterocycles. The standard InChI is InChI=1S/C24H36N6O3/c1-16(8-5-6-13-26-22(31)33-24(2,3)4)30-20-18(27-21(30)25)9-7-10-19(20)29-15-14-28(23(29)32)17-11-12-17/h7,9-10,16-17H,5-6,8,11-15H2,1-4H3,(H2,25,27)(H,26,31). The van der Waals surface area contributed by atoms with Gasteiger partial charge in [-0.3, -0.25) is 4.90 Å². The molecule has 180 valence electrons. The van der Waals surface area contributed by atoms with E-state index >= 15 is 0 Å². The van der Waals surface area contributed by atoms with Crippen LogP contribution >= 0.6 is 0 Å². The second-order valence-electron chi connectivity index (χ2n) is 10.1. The normalized spacial score (nSPS) is 17.6. The van der Waals surface area contributed by atoms with Crippen LogP contribution < -0.4 is 16.0 Å². The minimum absolute atomic E-state index is 0.0807. The van der Waals surface area contributed by atoms with Gasteiger partial charge in [-0.1, -0.05) is 6.07 Å². The number of ether oxygens (including phenoxy) is 1. The first-order valence-electron chi connectivity index (χ1n) is 12.0. The van der Waals surface area contributed by atoms with Crippen molar-refractivity contribution in [2.75, 3.05) is 30.3 Å². The molecule has 1 unspecified atom stereocenters. The van der Waals surface area contributed by atoms with E-state index in [1.807, 2.05) is 48.8 Å². The largest absolute Gasteiger partial charge is 0.444 e. The van der Waals surface area contributed by atoms with E-state index in [2.05, 4.69) is 21.8 Å². The summed E-state index contributed by atoms with van der Waals surface area (Å²) in [6.07, 6.45) is 4.45. The Bertz CT molecular complexity index is 1020. The summed E-state index contributed by atoms with van der Waals surface area (Å²) in [6.45, 7) is 9.68. The molecule has 9 heteroatoms. The van der Waals surface area contributed by atoms with Gasteiger partial charge in [0.05, 0.1) is 16.7 Å². The molecule has 3 amide bonds. The summed E-state index contributed by atoms with van der Waals surface area (Å²) in [6, 6.07) is 6.47. The van der Waals surface area contributed by atoms with Gasteiger partial charge in [0, 0.05) is 31.7 Å². The van der Waals surface area contributed by atoms with E-state index in [1.165, 1.54) is 0 Å². The Balaban J connectivity index is 1.42. The topological polar surface area (TPSA) is 106 Å². The zero-order valence-corrected chi connectivity index (χ0v) is 20.1. The first-order valence-corrected chi connectivity index (χ1v) is 12.0. The number of nitrogen functional groups attached to an aromatic ring is 1. The Morgan fingerprint density at radius 1 is 1.27 bits per heavy atom. The van der Waals surface area contributed by atoms with E-state index in [0.29, 0.717) is 25.1 Å². The number of hydrogen-bond donors (Lipinski definition) is 2. The number of benzene rings is 1. The quantitative estimate of drug-likeness (QED) is 0.577. The van der Waals surface area contributed by atoms with E-state index in [9.17, 15) is 9.59 Å². The Labute approximate surface area is 195 Å². The van der Waals surface area contributed by atoms with Crippen molar-refractivity contribution >= 4 is 34.8 Å². The van der Waals surface area contributed by atoms with E-state index in [1.54, 1.807) is 0 Å². The summed E-state index contributed by atoms with van der Waals surface area (Å²) in [5.74, 6) is 0.461. The van der Waals surface area contributed by atoms with Crippen LogP contribution in [0.25, 0.3) is 11.0 Å². The highest BCUT2D eigenvalue weighted by Gasteiger charge is 2.40. The number of carbonyl (C=O) groups is 2. The first-order chi connectivity index (χ1) is 15.7. The molecule has 1 aromatic carbocycles. The predicted octanol–water partition coefficient (Wildman–Crippen LogP) is 4.28. The number of fused-ring (bicyclic) bond motifs is 1. The minimum atomic E-state index is -0.497. The number of urea groups is 1. The molecule has 2 aromatic rings. The van der Waals surface area contributed by atoms with E-state index in [-0.39, 0.29) is 18.2 Å². The van der Waals surface area contributed by atoms with Gasteiger partial charge in [-0.15, -0.1) is 0 Å². The molecule has 2 aliphatic rings. The molecule has 3 N–H and O–H groups in total. The third-order valence-electron chi connectivity index (χ3n) is 6.19. The van der Waals surface area contributed by atoms with Gasteiger partial charge in [-0.05, 0) is 71.9 Å². The maximum Gasteiger partial charge on any atom is 0.407 e. The zero-order valence-electron chi connectivity index (χ0n) is 20.1. The van der Waals surface area contributed by atoms with Crippen LogP contribution in [0.4, 0.5) is 21.2 Å².